The number of aryl methyl sites for hydroxylation is 1. The number of aliphatic hydroxyl groups excluding tert-OH is 1. The quantitative estimate of drug-likeness (QED) is 0.884. The Balaban J connectivity index is 1.55. The molecule has 0 atom stereocenters. The number of aromatic nitrogens is 2. The zero-order valence-corrected chi connectivity index (χ0v) is 14.7. The van der Waals surface area contributed by atoms with Crippen molar-refractivity contribution in [1.82, 2.24) is 20.0 Å². The Morgan fingerprint density at radius 2 is 2.12 bits per heavy atom. The summed E-state index contributed by atoms with van der Waals surface area (Å²) in [5.41, 5.74) is 2.02. The summed E-state index contributed by atoms with van der Waals surface area (Å²) >= 11 is 0. The summed E-state index contributed by atoms with van der Waals surface area (Å²) < 4.78 is 5.71. The summed E-state index contributed by atoms with van der Waals surface area (Å²) in [6, 6.07) is 7.90. The van der Waals surface area contributed by atoms with Crippen LogP contribution in [0.2, 0.25) is 0 Å². The topological polar surface area (TPSA) is 82.7 Å². The molecule has 2 aromatic rings. The summed E-state index contributed by atoms with van der Waals surface area (Å²) in [5, 5.41) is 17.7. The van der Waals surface area contributed by atoms with Crippen molar-refractivity contribution in [3.8, 4) is 11.5 Å². The number of likely N-dealkylation sites (N-methyl/N-ethyl adjacent to an activating group) is 1. The molecule has 1 saturated heterocycles. The van der Waals surface area contributed by atoms with Gasteiger partial charge >= 0.3 is 0 Å². The highest BCUT2D eigenvalue weighted by atomic mass is 16.4. The van der Waals surface area contributed by atoms with Gasteiger partial charge in [0.15, 0.2) is 0 Å². The number of carbonyl (C=O) groups excluding carboxylic acids is 1. The second-order valence-corrected chi connectivity index (χ2v) is 6.65. The number of amides is 1. The number of nitrogens with zero attached hydrogens (tertiary/aromatic N) is 4. The number of likely N-dealkylation sites (tertiary alicyclic amines) is 1. The van der Waals surface area contributed by atoms with Crippen molar-refractivity contribution in [3.63, 3.8) is 0 Å². The van der Waals surface area contributed by atoms with Crippen LogP contribution < -0.4 is 0 Å². The van der Waals surface area contributed by atoms with E-state index in [1.165, 1.54) is 0 Å². The molecule has 2 heterocycles. The van der Waals surface area contributed by atoms with Gasteiger partial charge in [0.05, 0.1) is 19.2 Å². The third-order valence-electron chi connectivity index (χ3n) is 4.36. The summed E-state index contributed by atoms with van der Waals surface area (Å²) in [4.78, 5) is 16.0. The van der Waals surface area contributed by atoms with E-state index in [0.29, 0.717) is 44.3 Å². The molecule has 0 spiro atoms. The van der Waals surface area contributed by atoms with Crippen LogP contribution >= 0.6 is 0 Å². The monoisotopic (exact) mass is 344 g/mol. The highest BCUT2D eigenvalue weighted by Gasteiger charge is 2.22. The van der Waals surface area contributed by atoms with Gasteiger partial charge in [0.25, 0.3) is 0 Å². The first kappa shape index (κ1) is 17.6. The molecule has 0 bridgehead atoms. The largest absolute Gasteiger partial charge is 0.419 e. The fourth-order valence-electron chi connectivity index (χ4n) is 2.95. The Labute approximate surface area is 147 Å². The number of aliphatic hydroxyl groups is 1. The molecular formula is C18H24N4O3. The van der Waals surface area contributed by atoms with Gasteiger partial charge < -0.3 is 14.4 Å². The zero-order chi connectivity index (χ0) is 17.8. The van der Waals surface area contributed by atoms with Crippen LogP contribution in [0.1, 0.15) is 24.3 Å². The van der Waals surface area contributed by atoms with Crippen LogP contribution in [-0.4, -0.2) is 63.8 Å². The molecule has 1 aliphatic heterocycles. The summed E-state index contributed by atoms with van der Waals surface area (Å²) in [5.74, 6) is 1.04. The minimum atomic E-state index is -0.278. The number of rotatable bonds is 5. The molecule has 3 rings (SSSR count). The highest BCUT2D eigenvalue weighted by molar-refractivity contribution is 5.78. The van der Waals surface area contributed by atoms with E-state index in [0.717, 1.165) is 11.1 Å². The molecule has 0 saturated carbocycles. The Morgan fingerprint density at radius 1 is 1.36 bits per heavy atom. The fourth-order valence-corrected chi connectivity index (χ4v) is 2.95. The van der Waals surface area contributed by atoms with Crippen LogP contribution in [0.5, 0.6) is 0 Å². The minimum absolute atomic E-state index is 0.0628. The van der Waals surface area contributed by atoms with Gasteiger partial charge in [0.2, 0.25) is 17.7 Å². The number of piperidine rings is 1. The molecule has 0 radical (unpaired) electrons. The molecule has 25 heavy (non-hydrogen) atoms. The van der Waals surface area contributed by atoms with Crippen LogP contribution in [0.15, 0.2) is 28.7 Å². The van der Waals surface area contributed by atoms with Gasteiger partial charge in [-0.1, -0.05) is 17.7 Å². The standard InChI is InChI=1S/C18H24N4O3/c1-13-4-3-5-14(10-13)18-20-19-16(25-18)11-21(2)12-17(24)22-8-6-15(23)7-9-22/h3-5,10,15,23H,6-9,11-12H2,1-2H3. The maximum absolute atomic E-state index is 12.3. The van der Waals surface area contributed by atoms with Crippen molar-refractivity contribution in [2.24, 2.45) is 0 Å². The number of hydrogen-bond donors (Lipinski definition) is 1. The van der Waals surface area contributed by atoms with E-state index in [1.54, 1.807) is 4.90 Å². The van der Waals surface area contributed by atoms with Crippen molar-refractivity contribution in [1.29, 1.82) is 0 Å². The second kappa shape index (κ2) is 7.76. The van der Waals surface area contributed by atoms with Gasteiger partial charge in [0, 0.05) is 18.7 Å². The van der Waals surface area contributed by atoms with E-state index < -0.39 is 0 Å². The molecule has 0 aliphatic carbocycles. The van der Waals surface area contributed by atoms with Gasteiger partial charge in [-0.15, -0.1) is 10.2 Å². The second-order valence-electron chi connectivity index (χ2n) is 6.65. The lowest BCUT2D eigenvalue weighted by molar-refractivity contribution is -0.134. The molecule has 1 aromatic heterocycles. The van der Waals surface area contributed by atoms with Crippen LogP contribution in [-0.2, 0) is 11.3 Å². The molecular weight excluding hydrogens is 320 g/mol. The van der Waals surface area contributed by atoms with E-state index in [4.69, 9.17) is 4.42 Å². The molecule has 1 aromatic carbocycles. The van der Waals surface area contributed by atoms with E-state index in [9.17, 15) is 9.90 Å². The number of benzene rings is 1. The number of hydrogen-bond acceptors (Lipinski definition) is 6. The lowest BCUT2D eigenvalue weighted by Crippen LogP contribution is -2.44. The predicted molar refractivity (Wildman–Crippen MR) is 92.6 cm³/mol. The van der Waals surface area contributed by atoms with Gasteiger partial charge in [0.1, 0.15) is 0 Å². The van der Waals surface area contributed by atoms with Crippen LogP contribution in [0.25, 0.3) is 11.5 Å². The molecule has 0 unspecified atom stereocenters. The molecule has 134 valence electrons. The third kappa shape index (κ3) is 4.64. The predicted octanol–water partition coefficient (Wildman–Crippen LogP) is 1.46. The summed E-state index contributed by atoms with van der Waals surface area (Å²) in [6.45, 7) is 3.96. The molecule has 1 fully saturated rings. The van der Waals surface area contributed by atoms with E-state index >= 15 is 0 Å². The average Bonchev–Trinajstić information content (AvgIpc) is 3.03. The van der Waals surface area contributed by atoms with Crippen molar-refractivity contribution >= 4 is 5.91 Å². The van der Waals surface area contributed by atoms with Crippen molar-refractivity contribution < 1.29 is 14.3 Å². The molecule has 1 amide bonds. The summed E-state index contributed by atoms with van der Waals surface area (Å²) in [7, 11) is 1.85. The highest BCUT2D eigenvalue weighted by Crippen LogP contribution is 2.19. The normalized spacial score (nSPS) is 15.8. The Morgan fingerprint density at radius 3 is 2.84 bits per heavy atom. The van der Waals surface area contributed by atoms with Gasteiger partial charge in [-0.3, -0.25) is 9.69 Å². The maximum atomic E-state index is 12.3. The van der Waals surface area contributed by atoms with Crippen molar-refractivity contribution in [2.45, 2.75) is 32.4 Å². The minimum Gasteiger partial charge on any atom is -0.419 e. The lowest BCUT2D eigenvalue weighted by atomic mass is 10.1. The van der Waals surface area contributed by atoms with E-state index in [1.807, 2.05) is 43.1 Å². The fraction of sp³-hybridized carbons (Fsp3) is 0.500. The Bertz CT molecular complexity index is 723. The van der Waals surface area contributed by atoms with Crippen molar-refractivity contribution in [2.75, 3.05) is 26.7 Å². The average molecular weight is 344 g/mol. The van der Waals surface area contributed by atoms with Gasteiger partial charge in [-0.2, -0.15) is 0 Å². The Kier molecular flexibility index (Phi) is 5.45. The first-order valence-electron chi connectivity index (χ1n) is 8.55. The molecule has 1 N–H and O–H groups in total. The van der Waals surface area contributed by atoms with Crippen LogP contribution in [0.3, 0.4) is 0 Å². The van der Waals surface area contributed by atoms with Gasteiger partial charge in [-0.05, 0) is 38.9 Å². The van der Waals surface area contributed by atoms with Crippen molar-refractivity contribution in [3.05, 3.63) is 35.7 Å². The number of carbonyl (C=O) groups is 1. The smallest absolute Gasteiger partial charge is 0.247 e. The third-order valence-corrected chi connectivity index (χ3v) is 4.36. The van der Waals surface area contributed by atoms with Gasteiger partial charge in [-0.25, -0.2) is 0 Å². The first-order chi connectivity index (χ1) is 12.0. The molecule has 1 aliphatic rings. The zero-order valence-electron chi connectivity index (χ0n) is 14.7. The summed E-state index contributed by atoms with van der Waals surface area (Å²) in [6.07, 6.45) is 1.03. The SMILES string of the molecule is Cc1cccc(-c2nnc(CN(C)CC(=O)N3CCC(O)CC3)o2)c1. The van der Waals surface area contributed by atoms with E-state index in [-0.39, 0.29) is 18.6 Å². The molecule has 7 heteroatoms. The van der Waals surface area contributed by atoms with E-state index in [2.05, 4.69) is 10.2 Å². The first-order valence-corrected chi connectivity index (χ1v) is 8.55. The maximum Gasteiger partial charge on any atom is 0.247 e. The molecule has 7 nitrogen and oxygen atoms in total. The van der Waals surface area contributed by atoms with Crippen LogP contribution in [0, 0.1) is 6.92 Å². The lowest BCUT2D eigenvalue weighted by Gasteiger charge is -2.30. The Hall–Kier alpha value is -2.25. The van der Waals surface area contributed by atoms with Crippen LogP contribution in [0.4, 0.5) is 0 Å².